The van der Waals surface area contributed by atoms with Crippen molar-refractivity contribution in [1.29, 1.82) is 0 Å². The maximum atomic E-state index is 11.9. The average Bonchev–Trinajstić information content (AvgIpc) is 2.58. The van der Waals surface area contributed by atoms with E-state index < -0.39 is 12.1 Å². The molecule has 136 valence electrons. The molecule has 25 heavy (non-hydrogen) atoms. The van der Waals surface area contributed by atoms with Gasteiger partial charge in [0.1, 0.15) is 6.10 Å². The predicted molar refractivity (Wildman–Crippen MR) is 95.8 cm³/mol. The first kappa shape index (κ1) is 20.4. The Morgan fingerprint density at radius 1 is 1.24 bits per heavy atom. The maximum Gasteiger partial charge on any atom is 0.306 e. The summed E-state index contributed by atoms with van der Waals surface area (Å²) in [4.78, 5) is 34.8. The summed E-state index contributed by atoms with van der Waals surface area (Å²) in [7, 11) is 1.52. The van der Waals surface area contributed by atoms with Crippen LogP contribution in [0.3, 0.4) is 0 Å². The number of para-hydroxylation sites is 1. The molecular weight excluding hydrogens is 322 g/mol. The number of hydrogen-bond acceptors (Lipinski definition) is 5. The molecule has 0 aliphatic carbocycles. The van der Waals surface area contributed by atoms with E-state index in [9.17, 15) is 14.4 Å². The molecule has 7 heteroatoms. The molecule has 0 spiro atoms. The van der Waals surface area contributed by atoms with Gasteiger partial charge in [-0.2, -0.15) is 0 Å². The SMILES string of the molecule is CNC(=O)/C=C\[C@H](C)OC(=O)CCc1ccccc1NC(=O)[C@H](C)N. The first-order valence-corrected chi connectivity index (χ1v) is 8.07. The summed E-state index contributed by atoms with van der Waals surface area (Å²) in [6.45, 7) is 3.27. The Balaban J connectivity index is 2.57. The lowest BCUT2D eigenvalue weighted by Gasteiger charge is -2.13. The molecule has 2 atom stereocenters. The van der Waals surface area contributed by atoms with Crippen molar-refractivity contribution in [2.24, 2.45) is 5.73 Å². The summed E-state index contributed by atoms with van der Waals surface area (Å²) in [5.74, 6) is -0.938. The van der Waals surface area contributed by atoms with Gasteiger partial charge in [0.05, 0.1) is 6.04 Å². The van der Waals surface area contributed by atoms with Crippen LogP contribution in [0.4, 0.5) is 5.69 Å². The van der Waals surface area contributed by atoms with E-state index in [4.69, 9.17) is 10.5 Å². The van der Waals surface area contributed by atoms with Gasteiger partial charge in [-0.15, -0.1) is 0 Å². The highest BCUT2D eigenvalue weighted by Crippen LogP contribution is 2.17. The van der Waals surface area contributed by atoms with Crippen LogP contribution in [0.5, 0.6) is 0 Å². The molecule has 0 fully saturated rings. The number of nitrogens with two attached hydrogens (primary N) is 1. The fourth-order valence-corrected chi connectivity index (χ4v) is 1.96. The van der Waals surface area contributed by atoms with Crippen LogP contribution < -0.4 is 16.4 Å². The van der Waals surface area contributed by atoms with E-state index in [1.807, 2.05) is 12.1 Å². The quantitative estimate of drug-likeness (QED) is 0.482. The molecule has 7 nitrogen and oxygen atoms in total. The molecule has 1 aromatic carbocycles. The number of carbonyl (C=O) groups excluding carboxylic acids is 3. The summed E-state index contributed by atoms with van der Waals surface area (Å²) in [5.41, 5.74) is 7.00. The number of likely N-dealkylation sites (N-methyl/N-ethyl adjacent to an activating group) is 1. The fraction of sp³-hybridized carbons (Fsp3) is 0.389. The Morgan fingerprint density at radius 2 is 1.92 bits per heavy atom. The van der Waals surface area contributed by atoms with E-state index in [1.54, 1.807) is 26.0 Å². The second kappa shape index (κ2) is 10.2. The van der Waals surface area contributed by atoms with Gasteiger partial charge >= 0.3 is 5.97 Å². The van der Waals surface area contributed by atoms with Gasteiger partial charge in [0.2, 0.25) is 11.8 Å². The summed E-state index contributed by atoms with van der Waals surface area (Å²) in [5, 5.41) is 5.18. The number of esters is 1. The Labute approximate surface area is 147 Å². The molecule has 0 aliphatic heterocycles. The second-order valence-corrected chi connectivity index (χ2v) is 5.60. The average molecular weight is 347 g/mol. The van der Waals surface area contributed by atoms with E-state index in [2.05, 4.69) is 10.6 Å². The summed E-state index contributed by atoms with van der Waals surface area (Å²) in [6, 6.07) is 6.60. The summed E-state index contributed by atoms with van der Waals surface area (Å²) >= 11 is 0. The Bertz CT molecular complexity index is 641. The minimum atomic E-state index is -0.619. The van der Waals surface area contributed by atoms with Crippen LogP contribution in [0.2, 0.25) is 0 Å². The van der Waals surface area contributed by atoms with Crippen LogP contribution in [-0.2, 0) is 25.5 Å². The number of carbonyl (C=O) groups is 3. The molecule has 2 amide bonds. The third kappa shape index (κ3) is 7.63. The zero-order chi connectivity index (χ0) is 18.8. The maximum absolute atomic E-state index is 11.9. The molecule has 1 rings (SSSR count). The van der Waals surface area contributed by atoms with Gasteiger partial charge in [-0.1, -0.05) is 18.2 Å². The second-order valence-electron chi connectivity index (χ2n) is 5.60. The van der Waals surface area contributed by atoms with Crippen LogP contribution in [0.15, 0.2) is 36.4 Å². The van der Waals surface area contributed by atoms with E-state index in [0.717, 1.165) is 5.56 Å². The number of ether oxygens (including phenoxy) is 1. The first-order valence-electron chi connectivity index (χ1n) is 8.07. The Hall–Kier alpha value is -2.67. The molecule has 1 aromatic rings. The number of nitrogens with one attached hydrogen (secondary N) is 2. The highest BCUT2D eigenvalue weighted by Gasteiger charge is 2.12. The highest BCUT2D eigenvalue weighted by molar-refractivity contribution is 5.95. The van der Waals surface area contributed by atoms with Crippen LogP contribution in [-0.4, -0.2) is 37.0 Å². The fourth-order valence-electron chi connectivity index (χ4n) is 1.96. The van der Waals surface area contributed by atoms with E-state index in [1.165, 1.54) is 19.2 Å². The Morgan fingerprint density at radius 3 is 2.56 bits per heavy atom. The van der Waals surface area contributed by atoms with Crippen molar-refractivity contribution in [2.45, 2.75) is 38.8 Å². The molecular formula is C18H25N3O4. The van der Waals surface area contributed by atoms with Gasteiger partial charge in [-0.25, -0.2) is 0 Å². The zero-order valence-corrected chi connectivity index (χ0v) is 14.7. The van der Waals surface area contributed by atoms with Crippen LogP contribution in [0.25, 0.3) is 0 Å². The highest BCUT2D eigenvalue weighted by atomic mass is 16.5. The molecule has 0 aliphatic rings. The van der Waals surface area contributed by atoms with Crippen molar-refractivity contribution in [2.75, 3.05) is 12.4 Å². The van der Waals surface area contributed by atoms with Gasteiger partial charge < -0.3 is 21.1 Å². The summed E-state index contributed by atoms with van der Waals surface area (Å²) in [6.07, 6.45) is 2.89. The molecule has 0 aromatic heterocycles. The molecule has 0 saturated carbocycles. The molecule has 0 bridgehead atoms. The first-order chi connectivity index (χ1) is 11.8. The Kier molecular flexibility index (Phi) is 8.35. The molecule has 0 saturated heterocycles. The third-order valence-corrected chi connectivity index (χ3v) is 3.37. The van der Waals surface area contributed by atoms with Crippen molar-refractivity contribution in [3.05, 3.63) is 42.0 Å². The minimum Gasteiger partial charge on any atom is -0.458 e. The zero-order valence-electron chi connectivity index (χ0n) is 14.7. The van der Waals surface area contributed by atoms with Gasteiger partial charge in [-0.05, 0) is 38.0 Å². The standard InChI is InChI=1S/C18H25N3O4/c1-12(8-10-16(22)20-3)25-17(23)11-9-14-6-4-5-7-15(14)21-18(24)13(2)19/h4-8,10,12-13H,9,11,19H2,1-3H3,(H,20,22)(H,21,24)/b10-8-/t12-,13-/m0/s1. The third-order valence-electron chi connectivity index (χ3n) is 3.37. The monoisotopic (exact) mass is 347 g/mol. The normalized spacial score (nSPS) is 13.1. The van der Waals surface area contributed by atoms with E-state index in [-0.39, 0.29) is 24.2 Å². The van der Waals surface area contributed by atoms with Gasteiger partial charge in [0, 0.05) is 25.2 Å². The summed E-state index contributed by atoms with van der Waals surface area (Å²) < 4.78 is 5.21. The van der Waals surface area contributed by atoms with Crippen molar-refractivity contribution in [3.8, 4) is 0 Å². The lowest BCUT2D eigenvalue weighted by Crippen LogP contribution is -2.32. The number of anilines is 1. The lowest BCUT2D eigenvalue weighted by atomic mass is 10.1. The molecule has 4 N–H and O–H groups in total. The largest absolute Gasteiger partial charge is 0.458 e. The number of hydrogen-bond donors (Lipinski definition) is 3. The molecule has 0 radical (unpaired) electrons. The molecule has 0 heterocycles. The van der Waals surface area contributed by atoms with Crippen molar-refractivity contribution < 1.29 is 19.1 Å². The van der Waals surface area contributed by atoms with E-state index >= 15 is 0 Å². The van der Waals surface area contributed by atoms with Gasteiger partial charge in [-0.3, -0.25) is 14.4 Å². The smallest absolute Gasteiger partial charge is 0.306 e. The van der Waals surface area contributed by atoms with Crippen molar-refractivity contribution >= 4 is 23.5 Å². The van der Waals surface area contributed by atoms with E-state index in [0.29, 0.717) is 12.1 Å². The van der Waals surface area contributed by atoms with Crippen molar-refractivity contribution in [3.63, 3.8) is 0 Å². The van der Waals surface area contributed by atoms with Crippen molar-refractivity contribution in [1.82, 2.24) is 5.32 Å². The molecule has 0 unspecified atom stereocenters. The predicted octanol–water partition coefficient (Wildman–Crippen LogP) is 1.14. The number of amides is 2. The number of benzene rings is 1. The van der Waals surface area contributed by atoms with Gasteiger partial charge in [0.25, 0.3) is 0 Å². The topological polar surface area (TPSA) is 111 Å². The van der Waals surface area contributed by atoms with Crippen LogP contribution in [0.1, 0.15) is 25.8 Å². The van der Waals surface area contributed by atoms with Crippen LogP contribution in [0, 0.1) is 0 Å². The number of aryl methyl sites for hydroxylation is 1. The van der Waals surface area contributed by atoms with Gasteiger partial charge in [0.15, 0.2) is 0 Å². The lowest BCUT2D eigenvalue weighted by molar-refractivity contribution is -0.146. The minimum absolute atomic E-state index is 0.156. The number of rotatable bonds is 8. The van der Waals surface area contributed by atoms with Crippen LogP contribution >= 0.6 is 0 Å².